The van der Waals surface area contributed by atoms with Crippen LogP contribution in [0, 0.1) is 10.4 Å². The number of hydroxylamine groups is 4. The zero-order chi connectivity index (χ0) is 18.9. The zero-order valence-electron chi connectivity index (χ0n) is 15.0. The van der Waals surface area contributed by atoms with Crippen LogP contribution in [0.5, 0.6) is 0 Å². The van der Waals surface area contributed by atoms with Gasteiger partial charge in [0.15, 0.2) is 0 Å². The quantitative estimate of drug-likeness (QED) is 0.580. The van der Waals surface area contributed by atoms with Crippen LogP contribution in [-0.2, 0) is 22.2 Å². The van der Waals surface area contributed by atoms with Crippen molar-refractivity contribution in [1.82, 2.24) is 19.4 Å². The van der Waals surface area contributed by atoms with E-state index in [-0.39, 0.29) is 12.2 Å². The molecule has 0 saturated carbocycles. The number of hydrogen-bond donors (Lipinski definition) is 1. The first-order valence-corrected chi connectivity index (χ1v) is 10.3. The van der Waals surface area contributed by atoms with Crippen molar-refractivity contribution in [3.8, 4) is 0 Å². The summed E-state index contributed by atoms with van der Waals surface area (Å²) in [7, 11) is -0.678. The van der Waals surface area contributed by atoms with Gasteiger partial charge in [0, 0.05) is 42.8 Å². The molecule has 2 heterocycles. The standard InChI is InChI=1S/C17H24N4O4S/c1-19(22)17(20(2)23)10-14-11-18-16-6-5-13(9-15(14)16)12-26(24,25)21-7-3-4-8-21/h5-6,9,11,17-18H,3-4,7-8,10,12H2,1-2H3/q-2. The third-order valence-corrected chi connectivity index (χ3v) is 6.73. The van der Waals surface area contributed by atoms with Crippen molar-refractivity contribution in [2.75, 3.05) is 27.2 Å². The van der Waals surface area contributed by atoms with Gasteiger partial charge in [-0.1, -0.05) is 6.07 Å². The summed E-state index contributed by atoms with van der Waals surface area (Å²) in [6.07, 6.45) is 3.01. The Morgan fingerprint density at radius 3 is 2.46 bits per heavy atom. The third-order valence-electron chi connectivity index (χ3n) is 4.88. The summed E-state index contributed by atoms with van der Waals surface area (Å²) >= 11 is 0. The fourth-order valence-electron chi connectivity index (χ4n) is 3.44. The van der Waals surface area contributed by atoms with E-state index in [1.54, 1.807) is 16.6 Å². The first kappa shape index (κ1) is 19.3. The molecule has 0 unspecified atom stereocenters. The van der Waals surface area contributed by atoms with E-state index in [2.05, 4.69) is 4.98 Å². The summed E-state index contributed by atoms with van der Waals surface area (Å²) in [6, 6.07) is 5.47. The second kappa shape index (κ2) is 7.63. The highest BCUT2D eigenvalue weighted by atomic mass is 32.2. The van der Waals surface area contributed by atoms with Crippen molar-refractivity contribution < 1.29 is 8.42 Å². The van der Waals surface area contributed by atoms with E-state index in [0.717, 1.165) is 29.3 Å². The van der Waals surface area contributed by atoms with Crippen LogP contribution in [0.25, 0.3) is 10.9 Å². The number of aromatic nitrogens is 1. The largest absolute Gasteiger partial charge is 0.784 e. The molecular weight excluding hydrogens is 356 g/mol. The van der Waals surface area contributed by atoms with Crippen molar-refractivity contribution in [2.24, 2.45) is 0 Å². The second-order valence-corrected chi connectivity index (χ2v) is 8.80. The Morgan fingerprint density at radius 1 is 1.19 bits per heavy atom. The van der Waals surface area contributed by atoms with E-state index in [1.165, 1.54) is 14.1 Å². The Bertz CT molecular complexity index is 849. The number of fused-ring (bicyclic) bond motifs is 1. The lowest BCUT2D eigenvalue weighted by Crippen LogP contribution is -2.40. The molecule has 2 aromatic rings. The van der Waals surface area contributed by atoms with Crippen molar-refractivity contribution >= 4 is 20.9 Å². The predicted molar refractivity (Wildman–Crippen MR) is 101 cm³/mol. The number of hydrogen-bond acceptors (Lipinski definition) is 6. The summed E-state index contributed by atoms with van der Waals surface area (Å²) in [4.78, 5) is 3.12. The molecule has 144 valence electrons. The Hall–Kier alpha value is -1.49. The molecule has 1 aromatic heterocycles. The zero-order valence-corrected chi connectivity index (χ0v) is 15.8. The van der Waals surface area contributed by atoms with Gasteiger partial charge in [-0.05, 0) is 50.2 Å². The third kappa shape index (κ3) is 4.08. The van der Waals surface area contributed by atoms with Gasteiger partial charge in [-0.3, -0.25) is 0 Å². The van der Waals surface area contributed by atoms with E-state index in [1.807, 2.05) is 12.1 Å². The van der Waals surface area contributed by atoms with Gasteiger partial charge in [0.1, 0.15) is 0 Å². The van der Waals surface area contributed by atoms with Gasteiger partial charge in [0.2, 0.25) is 10.0 Å². The van der Waals surface area contributed by atoms with E-state index in [0.29, 0.717) is 28.8 Å². The van der Waals surface area contributed by atoms with Gasteiger partial charge in [0.05, 0.1) is 5.75 Å². The molecule has 0 spiro atoms. The average Bonchev–Trinajstić information content (AvgIpc) is 3.22. The van der Waals surface area contributed by atoms with E-state index in [4.69, 9.17) is 0 Å². The summed E-state index contributed by atoms with van der Waals surface area (Å²) in [5, 5.41) is 25.4. The minimum absolute atomic E-state index is 0.0418. The highest BCUT2D eigenvalue weighted by Crippen LogP contribution is 2.25. The SMILES string of the molecule is CN([O-])C(Cc1c[nH]c2ccc(CS(=O)(=O)N3CCCC3)cc12)N(C)[O-]. The van der Waals surface area contributed by atoms with Gasteiger partial charge in [-0.15, -0.1) is 0 Å². The van der Waals surface area contributed by atoms with Gasteiger partial charge in [0.25, 0.3) is 0 Å². The molecule has 0 atom stereocenters. The van der Waals surface area contributed by atoms with E-state index < -0.39 is 16.2 Å². The molecule has 1 aliphatic rings. The number of likely N-dealkylation sites (N-methyl/N-ethyl adjacent to an activating group) is 2. The number of nitrogens with zero attached hydrogens (tertiary/aromatic N) is 3. The molecule has 1 aromatic carbocycles. The van der Waals surface area contributed by atoms with Crippen LogP contribution < -0.4 is 0 Å². The van der Waals surface area contributed by atoms with E-state index >= 15 is 0 Å². The minimum Gasteiger partial charge on any atom is -0.784 e. The highest BCUT2D eigenvalue weighted by molar-refractivity contribution is 7.88. The number of aromatic amines is 1. The average molecular weight is 380 g/mol. The molecule has 8 nitrogen and oxygen atoms in total. The summed E-state index contributed by atoms with van der Waals surface area (Å²) in [6.45, 7) is 1.18. The fourth-order valence-corrected chi connectivity index (χ4v) is 5.03. The number of H-pyrrole nitrogens is 1. The maximum atomic E-state index is 12.5. The lowest BCUT2D eigenvalue weighted by Gasteiger charge is -2.43. The highest BCUT2D eigenvalue weighted by Gasteiger charge is 2.25. The Balaban J connectivity index is 1.86. The van der Waals surface area contributed by atoms with Crippen LogP contribution >= 0.6 is 0 Å². The first-order chi connectivity index (χ1) is 12.3. The molecule has 3 rings (SSSR count). The first-order valence-electron chi connectivity index (χ1n) is 8.64. The lowest BCUT2D eigenvalue weighted by molar-refractivity contribution is 0.169. The van der Waals surface area contributed by atoms with Crippen LogP contribution in [0.3, 0.4) is 0 Å². The van der Waals surface area contributed by atoms with Crippen molar-refractivity contribution in [1.29, 1.82) is 0 Å². The lowest BCUT2D eigenvalue weighted by atomic mass is 10.1. The van der Waals surface area contributed by atoms with Crippen molar-refractivity contribution in [2.45, 2.75) is 31.2 Å². The van der Waals surface area contributed by atoms with Crippen molar-refractivity contribution in [3.63, 3.8) is 0 Å². The molecule has 1 aliphatic heterocycles. The molecule has 0 aliphatic carbocycles. The second-order valence-electron chi connectivity index (χ2n) is 6.83. The van der Waals surface area contributed by atoms with Gasteiger partial charge < -0.3 is 25.5 Å². The maximum absolute atomic E-state index is 12.5. The Kier molecular flexibility index (Phi) is 5.66. The molecular formula is C17H24N4O4S-2. The van der Waals surface area contributed by atoms with Crippen LogP contribution in [0.1, 0.15) is 24.0 Å². The topological polar surface area (TPSA) is 106 Å². The normalized spacial score (nSPS) is 16.6. The monoisotopic (exact) mass is 380 g/mol. The van der Waals surface area contributed by atoms with Crippen LogP contribution in [0.15, 0.2) is 24.4 Å². The van der Waals surface area contributed by atoms with Crippen LogP contribution in [0.4, 0.5) is 0 Å². The number of rotatable bonds is 7. The molecule has 0 amide bonds. The Labute approximate surface area is 153 Å². The smallest absolute Gasteiger partial charge is 0.218 e. The molecule has 0 radical (unpaired) electrons. The Morgan fingerprint density at radius 2 is 1.85 bits per heavy atom. The molecule has 1 fully saturated rings. The number of sulfonamides is 1. The van der Waals surface area contributed by atoms with E-state index in [9.17, 15) is 18.8 Å². The van der Waals surface area contributed by atoms with Crippen LogP contribution in [0.2, 0.25) is 0 Å². The molecule has 0 bridgehead atoms. The maximum Gasteiger partial charge on any atom is 0.218 e. The van der Waals surface area contributed by atoms with Crippen molar-refractivity contribution in [3.05, 3.63) is 45.9 Å². The summed E-state index contributed by atoms with van der Waals surface area (Å²) in [5.41, 5.74) is 2.37. The summed E-state index contributed by atoms with van der Waals surface area (Å²) < 4.78 is 26.6. The predicted octanol–water partition coefficient (Wildman–Crippen LogP) is 1.82. The van der Waals surface area contributed by atoms with Crippen LogP contribution in [-0.4, -0.2) is 61.2 Å². The molecule has 26 heavy (non-hydrogen) atoms. The summed E-state index contributed by atoms with van der Waals surface area (Å²) in [5.74, 6) is -0.0418. The molecule has 1 N–H and O–H groups in total. The molecule has 9 heteroatoms. The number of nitrogens with one attached hydrogen (secondary N) is 1. The van der Waals surface area contributed by atoms with Gasteiger partial charge >= 0.3 is 0 Å². The minimum atomic E-state index is -3.32. The van der Waals surface area contributed by atoms with Gasteiger partial charge in [-0.2, -0.15) is 0 Å². The molecule has 1 saturated heterocycles. The fraction of sp³-hybridized carbons (Fsp3) is 0.529. The van der Waals surface area contributed by atoms with Gasteiger partial charge in [-0.25, -0.2) is 12.7 Å². The number of benzene rings is 1.